The van der Waals surface area contributed by atoms with Gasteiger partial charge in [0.15, 0.2) is 0 Å². The van der Waals surface area contributed by atoms with E-state index in [-0.39, 0.29) is 6.23 Å². The van der Waals surface area contributed by atoms with Crippen LogP contribution in [0.15, 0.2) is 22.7 Å². The third kappa shape index (κ3) is 2.97. The zero-order valence-corrected chi connectivity index (χ0v) is 10.8. The van der Waals surface area contributed by atoms with Gasteiger partial charge in [-0.3, -0.25) is 0 Å². The van der Waals surface area contributed by atoms with E-state index in [4.69, 9.17) is 10.5 Å². The van der Waals surface area contributed by atoms with Gasteiger partial charge >= 0.3 is 0 Å². The third-order valence-electron chi connectivity index (χ3n) is 2.78. The summed E-state index contributed by atoms with van der Waals surface area (Å²) >= 11 is 3.45. The number of nitrogens with one attached hydrogen (secondary N) is 1. The van der Waals surface area contributed by atoms with Crippen molar-refractivity contribution < 1.29 is 4.74 Å². The van der Waals surface area contributed by atoms with Gasteiger partial charge in [0, 0.05) is 23.3 Å². The molecule has 4 heteroatoms. The van der Waals surface area contributed by atoms with Crippen LogP contribution in [0.2, 0.25) is 0 Å². The Morgan fingerprint density at radius 1 is 1.44 bits per heavy atom. The van der Waals surface area contributed by atoms with E-state index in [2.05, 4.69) is 21.2 Å². The van der Waals surface area contributed by atoms with Gasteiger partial charge in [-0.25, -0.2) is 0 Å². The largest absolute Gasteiger partial charge is 0.360 e. The van der Waals surface area contributed by atoms with Crippen LogP contribution in [0.3, 0.4) is 0 Å². The minimum Gasteiger partial charge on any atom is -0.360 e. The van der Waals surface area contributed by atoms with Gasteiger partial charge in [-0.2, -0.15) is 0 Å². The maximum Gasteiger partial charge on any atom is 0.127 e. The van der Waals surface area contributed by atoms with E-state index < -0.39 is 0 Å². The summed E-state index contributed by atoms with van der Waals surface area (Å²) in [6, 6.07) is 6.11. The highest BCUT2D eigenvalue weighted by Gasteiger charge is 2.14. The van der Waals surface area contributed by atoms with E-state index in [9.17, 15) is 0 Å². The van der Waals surface area contributed by atoms with E-state index in [1.165, 1.54) is 12.8 Å². The zero-order valence-electron chi connectivity index (χ0n) is 9.21. The fourth-order valence-corrected chi connectivity index (χ4v) is 2.31. The van der Waals surface area contributed by atoms with Crippen LogP contribution in [0.1, 0.15) is 24.8 Å². The molecule has 1 aliphatic heterocycles. The molecule has 0 radical (unpaired) electrons. The minimum absolute atomic E-state index is 0.139. The molecular weight excluding hydrogens is 268 g/mol. The number of anilines is 1. The van der Waals surface area contributed by atoms with E-state index >= 15 is 0 Å². The molecule has 0 aliphatic carbocycles. The lowest BCUT2D eigenvalue weighted by atomic mass is 10.1. The van der Waals surface area contributed by atoms with Crippen LogP contribution in [-0.4, -0.2) is 12.8 Å². The molecule has 0 amide bonds. The van der Waals surface area contributed by atoms with Gasteiger partial charge < -0.3 is 15.8 Å². The van der Waals surface area contributed by atoms with Crippen molar-refractivity contribution in [3.8, 4) is 0 Å². The molecule has 0 bridgehead atoms. The smallest absolute Gasteiger partial charge is 0.127 e. The van der Waals surface area contributed by atoms with Gasteiger partial charge in [0.1, 0.15) is 6.23 Å². The van der Waals surface area contributed by atoms with Crippen molar-refractivity contribution >= 4 is 21.6 Å². The number of benzene rings is 1. The average Bonchev–Trinajstić information content (AvgIpc) is 2.33. The van der Waals surface area contributed by atoms with Gasteiger partial charge in [-0.15, -0.1) is 0 Å². The van der Waals surface area contributed by atoms with Crippen molar-refractivity contribution in [2.45, 2.75) is 32.0 Å². The second-order valence-electron chi connectivity index (χ2n) is 4.01. The standard InChI is InChI=1S/C12H17BrN2O/c13-10-4-5-11(9(7-10)8-14)15-12-3-1-2-6-16-12/h4-5,7,12,15H,1-3,6,8,14H2. The first-order valence-electron chi connectivity index (χ1n) is 5.66. The van der Waals surface area contributed by atoms with Gasteiger partial charge in [-0.05, 0) is 43.0 Å². The van der Waals surface area contributed by atoms with Gasteiger partial charge in [0.25, 0.3) is 0 Å². The molecule has 1 unspecified atom stereocenters. The van der Waals surface area contributed by atoms with E-state index in [1.807, 2.05) is 18.2 Å². The first-order chi connectivity index (χ1) is 7.79. The molecule has 3 nitrogen and oxygen atoms in total. The Morgan fingerprint density at radius 2 is 2.31 bits per heavy atom. The van der Waals surface area contributed by atoms with E-state index in [1.54, 1.807) is 0 Å². The Hall–Kier alpha value is -0.580. The molecule has 0 spiro atoms. The summed E-state index contributed by atoms with van der Waals surface area (Å²) in [5.41, 5.74) is 7.92. The average molecular weight is 285 g/mol. The number of rotatable bonds is 3. The minimum atomic E-state index is 0.139. The normalized spacial score (nSPS) is 20.8. The third-order valence-corrected chi connectivity index (χ3v) is 3.28. The molecule has 1 aromatic carbocycles. The Balaban J connectivity index is 2.07. The highest BCUT2D eigenvalue weighted by atomic mass is 79.9. The van der Waals surface area contributed by atoms with Crippen LogP contribution >= 0.6 is 15.9 Å². The first kappa shape index (κ1) is 11.9. The zero-order chi connectivity index (χ0) is 11.4. The number of halogens is 1. The molecule has 1 atom stereocenters. The van der Waals surface area contributed by atoms with Crippen molar-refractivity contribution in [3.63, 3.8) is 0 Å². The first-order valence-corrected chi connectivity index (χ1v) is 6.45. The van der Waals surface area contributed by atoms with Crippen LogP contribution in [0.5, 0.6) is 0 Å². The summed E-state index contributed by atoms with van der Waals surface area (Å²) in [5, 5.41) is 3.40. The fraction of sp³-hybridized carbons (Fsp3) is 0.500. The van der Waals surface area contributed by atoms with Crippen LogP contribution in [0.25, 0.3) is 0 Å². The quantitative estimate of drug-likeness (QED) is 0.897. The number of hydrogen-bond acceptors (Lipinski definition) is 3. The maximum absolute atomic E-state index is 5.72. The Morgan fingerprint density at radius 3 is 3.00 bits per heavy atom. The molecule has 1 saturated heterocycles. The monoisotopic (exact) mass is 284 g/mol. The van der Waals surface area contributed by atoms with Gasteiger partial charge in [0.2, 0.25) is 0 Å². The summed E-state index contributed by atoms with van der Waals surface area (Å²) in [6.07, 6.45) is 3.61. The Labute approximate surface area is 104 Å². The molecule has 16 heavy (non-hydrogen) atoms. The molecule has 2 rings (SSSR count). The molecule has 0 saturated carbocycles. The predicted octanol–water partition coefficient (Wildman–Crippen LogP) is 2.85. The molecule has 1 aromatic rings. The van der Waals surface area contributed by atoms with Gasteiger partial charge in [-0.1, -0.05) is 15.9 Å². The lowest BCUT2D eigenvalue weighted by molar-refractivity contribution is 0.0343. The highest BCUT2D eigenvalue weighted by Crippen LogP contribution is 2.23. The molecule has 88 valence electrons. The van der Waals surface area contributed by atoms with Crippen LogP contribution in [-0.2, 0) is 11.3 Å². The van der Waals surface area contributed by atoms with E-state index in [0.717, 1.165) is 28.8 Å². The highest BCUT2D eigenvalue weighted by molar-refractivity contribution is 9.10. The van der Waals surface area contributed by atoms with Crippen LogP contribution < -0.4 is 11.1 Å². The van der Waals surface area contributed by atoms with Crippen molar-refractivity contribution in [1.82, 2.24) is 0 Å². The summed E-state index contributed by atoms with van der Waals surface area (Å²) in [6.45, 7) is 1.39. The van der Waals surface area contributed by atoms with Crippen LogP contribution in [0.4, 0.5) is 5.69 Å². The van der Waals surface area contributed by atoms with Crippen molar-refractivity contribution in [2.75, 3.05) is 11.9 Å². The summed E-state index contributed by atoms with van der Waals surface area (Å²) in [4.78, 5) is 0. The van der Waals surface area contributed by atoms with Gasteiger partial charge in [0.05, 0.1) is 0 Å². The topological polar surface area (TPSA) is 47.3 Å². The Bertz CT molecular complexity index is 351. The molecule has 0 aromatic heterocycles. The number of nitrogens with two attached hydrogens (primary N) is 1. The predicted molar refractivity (Wildman–Crippen MR) is 69.2 cm³/mol. The summed E-state index contributed by atoms with van der Waals surface area (Å²) in [5.74, 6) is 0. The number of hydrogen-bond donors (Lipinski definition) is 2. The number of ether oxygens (including phenoxy) is 1. The Kier molecular flexibility index (Phi) is 4.21. The SMILES string of the molecule is NCc1cc(Br)ccc1NC1CCCCO1. The molecule has 1 fully saturated rings. The lowest BCUT2D eigenvalue weighted by Gasteiger charge is -2.25. The lowest BCUT2D eigenvalue weighted by Crippen LogP contribution is -2.27. The van der Waals surface area contributed by atoms with Crippen molar-refractivity contribution in [3.05, 3.63) is 28.2 Å². The van der Waals surface area contributed by atoms with Crippen LogP contribution in [0, 0.1) is 0 Å². The van der Waals surface area contributed by atoms with Crippen molar-refractivity contribution in [2.24, 2.45) is 5.73 Å². The van der Waals surface area contributed by atoms with E-state index in [0.29, 0.717) is 6.54 Å². The second-order valence-corrected chi connectivity index (χ2v) is 4.92. The molecule has 1 heterocycles. The van der Waals surface area contributed by atoms with Crippen molar-refractivity contribution in [1.29, 1.82) is 0 Å². The molecule has 1 aliphatic rings. The molecule has 3 N–H and O–H groups in total. The maximum atomic E-state index is 5.72. The summed E-state index contributed by atoms with van der Waals surface area (Å²) < 4.78 is 6.71. The summed E-state index contributed by atoms with van der Waals surface area (Å²) in [7, 11) is 0. The molecular formula is C12H17BrN2O. The fourth-order valence-electron chi connectivity index (χ4n) is 1.90. The second kappa shape index (κ2) is 5.66.